The van der Waals surface area contributed by atoms with Gasteiger partial charge in [0.25, 0.3) is 0 Å². The number of halogens is 1. The lowest BCUT2D eigenvalue weighted by Gasteiger charge is -2.31. The maximum atomic E-state index is 13.8. The second kappa shape index (κ2) is 5.25. The Morgan fingerprint density at radius 1 is 1.37 bits per heavy atom. The molecule has 0 unspecified atom stereocenters. The first-order valence-electron chi connectivity index (χ1n) is 6.31. The number of hydrogen-bond donors (Lipinski definition) is 1. The first-order chi connectivity index (χ1) is 8.99. The van der Waals surface area contributed by atoms with Gasteiger partial charge in [0.2, 0.25) is 5.91 Å². The number of anilines is 1. The van der Waals surface area contributed by atoms with E-state index in [0.29, 0.717) is 12.8 Å². The summed E-state index contributed by atoms with van der Waals surface area (Å²) in [5.41, 5.74) is 5.24. The number of thiocarbonyl (C=S) groups is 1. The summed E-state index contributed by atoms with van der Waals surface area (Å²) in [4.78, 5) is 14.2. The normalized spacial score (nSPS) is 17.2. The number of carbonyl (C=O) groups excluding carboxylic acids is 1. The molecule has 1 saturated carbocycles. The van der Waals surface area contributed by atoms with Crippen molar-refractivity contribution in [3.8, 4) is 0 Å². The average Bonchev–Trinajstić information content (AvgIpc) is 2.88. The van der Waals surface area contributed by atoms with Gasteiger partial charge in [-0.3, -0.25) is 4.79 Å². The summed E-state index contributed by atoms with van der Waals surface area (Å²) in [6.07, 6.45) is 3.16. The molecule has 1 aromatic carbocycles. The minimum atomic E-state index is -0.799. The average molecular weight is 280 g/mol. The van der Waals surface area contributed by atoms with Gasteiger partial charge >= 0.3 is 0 Å². The Balaban J connectivity index is 2.33. The lowest BCUT2D eigenvalue weighted by atomic mass is 9.84. The number of nitrogens with two attached hydrogens (primary N) is 1. The second-order valence-electron chi connectivity index (χ2n) is 4.97. The molecule has 5 heteroatoms. The second-order valence-corrected chi connectivity index (χ2v) is 5.41. The van der Waals surface area contributed by atoms with Gasteiger partial charge in [0.1, 0.15) is 5.82 Å². The minimum absolute atomic E-state index is 0.206. The van der Waals surface area contributed by atoms with Crippen LogP contribution in [0.3, 0.4) is 0 Å². The predicted molar refractivity (Wildman–Crippen MR) is 77.5 cm³/mol. The van der Waals surface area contributed by atoms with Crippen LogP contribution in [0.2, 0.25) is 0 Å². The molecule has 1 amide bonds. The highest BCUT2D eigenvalue weighted by atomic mass is 32.1. The molecule has 2 rings (SSSR count). The third-order valence-corrected chi connectivity index (χ3v) is 4.25. The molecular weight excluding hydrogens is 263 g/mol. The van der Waals surface area contributed by atoms with Gasteiger partial charge in [-0.05, 0) is 25.0 Å². The fourth-order valence-corrected chi connectivity index (χ4v) is 2.99. The van der Waals surface area contributed by atoms with Crippen LogP contribution in [0.5, 0.6) is 0 Å². The van der Waals surface area contributed by atoms with Crippen molar-refractivity contribution in [1.82, 2.24) is 0 Å². The maximum absolute atomic E-state index is 13.8. The molecule has 0 radical (unpaired) electrons. The summed E-state index contributed by atoms with van der Waals surface area (Å²) in [7, 11) is 1.57. The first-order valence-corrected chi connectivity index (χ1v) is 6.72. The number of para-hydroxylation sites is 1. The lowest BCUT2D eigenvalue weighted by molar-refractivity contribution is -0.124. The number of rotatable bonds is 3. The molecule has 102 valence electrons. The molecule has 1 aromatic rings. The van der Waals surface area contributed by atoms with Crippen LogP contribution in [0.1, 0.15) is 25.7 Å². The van der Waals surface area contributed by atoms with Gasteiger partial charge in [0, 0.05) is 7.05 Å². The van der Waals surface area contributed by atoms with E-state index < -0.39 is 11.2 Å². The standard InChI is InChI=1S/C14H17FN2OS/c1-17(11-7-3-2-6-10(11)15)13(18)14(12(16)19)8-4-5-9-14/h2-3,6-7H,4-5,8-9H2,1H3,(H2,16,19). The zero-order valence-corrected chi connectivity index (χ0v) is 11.7. The maximum Gasteiger partial charge on any atom is 0.239 e. The Bertz CT molecular complexity index is 512. The molecule has 0 spiro atoms. The third kappa shape index (κ3) is 2.34. The SMILES string of the molecule is CN(C(=O)C1(C(N)=S)CCCC1)c1ccccc1F. The zero-order valence-electron chi connectivity index (χ0n) is 10.9. The molecule has 0 aliphatic heterocycles. The van der Waals surface area contributed by atoms with Crippen molar-refractivity contribution >= 4 is 28.8 Å². The number of nitrogens with zero attached hydrogens (tertiary/aromatic N) is 1. The molecule has 0 heterocycles. The van der Waals surface area contributed by atoms with Crippen molar-refractivity contribution < 1.29 is 9.18 Å². The monoisotopic (exact) mass is 280 g/mol. The molecule has 19 heavy (non-hydrogen) atoms. The van der Waals surface area contributed by atoms with Gasteiger partial charge < -0.3 is 10.6 Å². The van der Waals surface area contributed by atoms with E-state index in [2.05, 4.69) is 0 Å². The Kier molecular flexibility index (Phi) is 3.85. The fraction of sp³-hybridized carbons (Fsp3) is 0.429. The highest BCUT2D eigenvalue weighted by Crippen LogP contribution is 2.40. The van der Waals surface area contributed by atoms with Crippen molar-refractivity contribution in [1.29, 1.82) is 0 Å². The van der Waals surface area contributed by atoms with Gasteiger partial charge in [0.15, 0.2) is 0 Å². The highest BCUT2D eigenvalue weighted by molar-refractivity contribution is 7.80. The fourth-order valence-electron chi connectivity index (χ4n) is 2.70. The number of amides is 1. The molecule has 3 nitrogen and oxygen atoms in total. The van der Waals surface area contributed by atoms with Crippen molar-refractivity contribution in [2.24, 2.45) is 11.1 Å². The van der Waals surface area contributed by atoms with Crippen LogP contribution >= 0.6 is 12.2 Å². The van der Waals surface area contributed by atoms with Crippen LogP contribution < -0.4 is 10.6 Å². The Hall–Kier alpha value is -1.49. The Morgan fingerprint density at radius 2 is 1.95 bits per heavy atom. The molecule has 1 fully saturated rings. The van der Waals surface area contributed by atoms with Crippen molar-refractivity contribution in [3.05, 3.63) is 30.1 Å². The summed E-state index contributed by atoms with van der Waals surface area (Å²) in [6, 6.07) is 6.21. The summed E-state index contributed by atoms with van der Waals surface area (Å²) in [5, 5.41) is 0. The van der Waals surface area contributed by atoms with E-state index in [9.17, 15) is 9.18 Å². The first kappa shape index (κ1) is 13.9. The highest BCUT2D eigenvalue weighted by Gasteiger charge is 2.45. The van der Waals surface area contributed by atoms with Crippen LogP contribution in [0.4, 0.5) is 10.1 Å². The molecule has 2 N–H and O–H groups in total. The Labute approximate surface area is 117 Å². The van der Waals surface area contributed by atoms with Crippen molar-refractivity contribution in [3.63, 3.8) is 0 Å². The van der Waals surface area contributed by atoms with E-state index in [1.807, 2.05) is 0 Å². The third-order valence-electron chi connectivity index (χ3n) is 3.86. The molecule has 0 aromatic heterocycles. The van der Waals surface area contributed by atoms with E-state index in [1.54, 1.807) is 25.2 Å². The summed E-state index contributed by atoms with van der Waals surface area (Å²) < 4.78 is 13.8. The molecule has 0 bridgehead atoms. The summed E-state index contributed by atoms with van der Waals surface area (Å²) in [5.74, 6) is -0.628. The van der Waals surface area contributed by atoms with Crippen LogP contribution in [0.15, 0.2) is 24.3 Å². The van der Waals surface area contributed by atoms with Gasteiger partial charge in [-0.1, -0.05) is 37.2 Å². The topological polar surface area (TPSA) is 46.3 Å². The molecule has 1 aliphatic carbocycles. The largest absolute Gasteiger partial charge is 0.392 e. The molecule has 1 aliphatic rings. The number of hydrogen-bond acceptors (Lipinski definition) is 2. The van der Waals surface area contributed by atoms with E-state index >= 15 is 0 Å². The molecular formula is C14H17FN2OS. The van der Waals surface area contributed by atoms with E-state index in [0.717, 1.165) is 12.8 Å². The number of benzene rings is 1. The molecule has 0 saturated heterocycles. The lowest BCUT2D eigenvalue weighted by Crippen LogP contribution is -2.48. The van der Waals surface area contributed by atoms with Gasteiger partial charge in [-0.25, -0.2) is 4.39 Å². The van der Waals surface area contributed by atoms with Crippen LogP contribution in [0.25, 0.3) is 0 Å². The van der Waals surface area contributed by atoms with Gasteiger partial charge in [-0.2, -0.15) is 0 Å². The van der Waals surface area contributed by atoms with E-state index in [4.69, 9.17) is 18.0 Å². The van der Waals surface area contributed by atoms with Crippen LogP contribution in [-0.2, 0) is 4.79 Å². The van der Waals surface area contributed by atoms with Gasteiger partial charge in [0.05, 0.1) is 16.1 Å². The summed E-state index contributed by atoms with van der Waals surface area (Å²) in [6.45, 7) is 0. The van der Waals surface area contributed by atoms with Crippen molar-refractivity contribution in [2.45, 2.75) is 25.7 Å². The van der Waals surface area contributed by atoms with Crippen LogP contribution in [-0.4, -0.2) is 17.9 Å². The Morgan fingerprint density at radius 3 is 2.47 bits per heavy atom. The van der Waals surface area contributed by atoms with Crippen molar-refractivity contribution in [2.75, 3.05) is 11.9 Å². The predicted octanol–water partition coefficient (Wildman–Crippen LogP) is 2.64. The summed E-state index contributed by atoms with van der Waals surface area (Å²) >= 11 is 5.08. The van der Waals surface area contributed by atoms with E-state index in [-0.39, 0.29) is 16.6 Å². The van der Waals surface area contributed by atoms with Crippen LogP contribution in [0, 0.1) is 11.2 Å². The quantitative estimate of drug-likeness (QED) is 0.866. The molecule has 0 atom stereocenters. The number of carbonyl (C=O) groups is 1. The van der Waals surface area contributed by atoms with E-state index in [1.165, 1.54) is 11.0 Å². The minimum Gasteiger partial charge on any atom is -0.392 e. The van der Waals surface area contributed by atoms with Gasteiger partial charge in [-0.15, -0.1) is 0 Å². The smallest absolute Gasteiger partial charge is 0.239 e. The zero-order chi connectivity index (χ0) is 14.0.